The van der Waals surface area contributed by atoms with E-state index in [9.17, 15) is 8.42 Å². The van der Waals surface area contributed by atoms with Gasteiger partial charge in [0, 0.05) is 18.8 Å². The molecule has 1 aliphatic heterocycles. The van der Waals surface area contributed by atoms with Crippen LogP contribution in [0.4, 0.5) is 0 Å². The number of hydrogen-bond donors (Lipinski definition) is 1. The van der Waals surface area contributed by atoms with E-state index in [1.54, 1.807) is 4.31 Å². The summed E-state index contributed by atoms with van der Waals surface area (Å²) < 4.78 is 26.6. The van der Waals surface area contributed by atoms with E-state index in [1.807, 2.05) is 0 Å². The maximum absolute atomic E-state index is 12.5. The molecule has 2 aliphatic rings. The minimum Gasteiger partial charge on any atom is -0.284 e. The Bertz CT molecular complexity index is 483. The zero-order valence-electron chi connectivity index (χ0n) is 9.67. The fraction of sp³-hybridized carbons (Fsp3) is 0.727. The number of aromatic nitrogens is 2. The number of rotatable bonds is 2. The van der Waals surface area contributed by atoms with Crippen LogP contribution in [0.2, 0.25) is 0 Å². The Kier molecular flexibility index (Phi) is 2.71. The van der Waals surface area contributed by atoms with Gasteiger partial charge >= 0.3 is 0 Å². The number of nitrogens with zero attached hydrogens (tertiary/aromatic N) is 2. The largest absolute Gasteiger partial charge is 0.284 e. The first kappa shape index (κ1) is 11.2. The van der Waals surface area contributed by atoms with Gasteiger partial charge in [-0.1, -0.05) is 6.42 Å². The van der Waals surface area contributed by atoms with Crippen LogP contribution >= 0.6 is 0 Å². The first-order valence-electron chi connectivity index (χ1n) is 6.20. The minimum atomic E-state index is -3.33. The highest BCUT2D eigenvalue weighted by Gasteiger charge is 2.41. The van der Waals surface area contributed by atoms with Gasteiger partial charge in [-0.2, -0.15) is 9.40 Å². The molecule has 2 heterocycles. The van der Waals surface area contributed by atoms with Crippen LogP contribution in [-0.4, -0.2) is 35.5 Å². The molecule has 3 rings (SSSR count). The summed E-state index contributed by atoms with van der Waals surface area (Å²) >= 11 is 0. The van der Waals surface area contributed by atoms with Crippen LogP contribution in [0.25, 0.3) is 0 Å². The molecule has 0 radical (unpaired) electrons. The van der Waals surface area contributed by atoms with Crippen LogP contribution in [0, 0.1) is 5.92 Å². The van der Waals surface area contributed by atoms with Gasteiger partial charge < -0.3 is 0 Å². The van der Waals surface area contributed by atoms with Gasteiger partial charge in [0.2, 0.25) is 10.0 Å². The molecule has 1 N–H and O–H groups in total. The Morgan fingerprint density at radius 1 is 1.29 bits per heavy atom. The van der Waals surface area contributed by atoms with Crippen molar-refractivity contribution >= 4 is 10.0 Å². The lowest BCUT2D eigenvalue weighted by molar-refractivity contribution is 0.202. The Hall–Kier alpha value is -0.880. The summed E-state index contributed by atoms with van der Waals surface area (Å²) in [4.78, 5) is 0.296. The summed E-state index contributed by atoms with van der Waals surface area (Å²) in [6.45, 7) is 0.661. The van der Waals surface area contributed by atoms with Gasteiger partial charge in [0.25, 0.3) is 0 Å². The van der Waals surface area contributed by atoms with E-state index in [-0.39, 0.29) is 6.04 Å². The lowest BCUT2D eigenvalue weighted by Crippen LogP contribution is -2.45. The van der Waals surface area contributed by atoms with E-state index in [2.05, 4.69) is 10.2 Å². The second-order valence-electron chi connectivity index (χ2n) is 4.95. The average Bonchev–Trinajstić information content (AvgIpc) is 2.99. The fourth-order valence-corrected chi connectivity index (χ4v) is 4.88. The third-order valence-corrected chi connectivity index (χ3v) is 5.91. The molecule has 1 saturated heterocycles. The van der Waals surface area contributed by atoms with E-state index in [0.29, 0.717) is 17.4 Å². The number of H-pyrrole nitrogens is 1. The maximum Gasteiger partial charge on any atom is 0.246 e. The summed E-state index contributed by atoms with van der Waals surface area (Å²) in [5, 5.41) is 6.32. The Balaban J connectivity index is 1.93. The Labute approximate surface area is 101 Å². The molecule has 1 aromatic heterocycles. The quantitative estimate of drug-likeness (QED) is 0.867. The topological polar surface area (TPSA) is 66.1 Å². The molecule has 17 heavy (non-hydrogen) atoms. The zero-order chi connectivity index (χ0) is 11.9. The van der Waals surface area contributed by atoms with Crippen molar-refractivity contribution in [3.05, 3.63) is 12.4 Å². The SMILES string of the molecule is O=S(=O)(c1cn[nH]c1)N1CCCC2CCCC21. The number of piperidine rings is 1. The molecule has 0 aromatic carbocycles. The molecule has 1 aliphatic carbocycles. The summed E-state index contributed by atoms with van der Waals surface area (Å²) in [7, 11) is -3.33. The van der Waals surface area contributed by atoms with Gasteiger partial charge in [0.15, 0.2) is 0 Å². The molecule has 1 aromatic rings. The van der Waals surface area contributed by atoms with E-state index in [1.165, 1.54) is 25.2 Å². The molecule has 94 valence electrons. The lowest BCUT2D eigenvalue weighted by Gasteiger charge is -2.36. The second kappa shape index (κ2) is 4.10. The second-order valence-corrected chi connectivity index (χ2v) is 6.84. The van der Waals surface area contributed by atoms with Crippen molar-refractivity contribution in [2.24, 2.45) is 5.92 Å². The Morgan fingerprint density at radius 3 is 2.88 bits per heavy atom. The van der Waals surface area contributed by atoms with Crippen LogP contribution < -0.4 is 0 Å². The zero-order valence-corrected chi connectivity index (χ0v) is 10.5. The lowest BCUT2D eigenvalue weighted by atomic mass is 9.94. The average molecular weight is 255 g/mol. The smallest absolute Gasteiger partial charge is 0.246 e. The fourth-order valence-electron chi connectivity index (χ4n) is 3.22. The van der Waals surface area contributed by atoms with Gasteiger partial charge in [0.1, 0.15) is 4.90 Å². The highest BCUT2D eigenvalue weighted by molar-refractivity contribution is 7.89. The first-order chi connectivity index (χ1) is 8.19. The van der Waals surface area contributed by atoms with Crippen molar-refractivity contribution in [1.82, 2.24) is 14.5 Å². The highest BCUT2D eigenvalue weighted by atomic mass is 32.2. The number of hydrogen-bond acceptors (Lipinski definition) is 3. The van der Waals surface area contributed by atoms with Crippen molar-refractivity contribution < 1.29 is 8.42 Å². The van der Waals surface area contributed by atoms with E-state index < -0.39 is 10.0 Å². The van der Waals surface area contributed by atoms with Crippen molar-refractivity contribution in [3.8, 4) is 0 Å². The van der Waals surface area contributed by atoms with Crippen LogP contribution in [0.1, 0.15) is 32.1 Å². The molecule has 2 atom stereocenters. The molecule has 5 nitrogen and oxygen atoms in total. The van der Waals surface area contributed by atoms with Crippen LogP contribution in [-0.2, 0) is 10.0 Å². The molecule has 2 fully saturated rings. The Morgan fingerprint density at radius 2 is 2.12 bits per heavy atom. The van der Waals surface area contributed by atoms with Gasteiger partial charge in [0.05, 0.1) is 6.20 Å². The summed E-state index contributed by atoms with van der Waals surface area (Å²) in [6.07, 6.45) is 8.39. The normalized spacial score (nSPS) is 30.4. The number of sulfonamides is 1. The van der Waals surface area contributed by atoms with Crippen LogP contribution in [0.3, 0.4) is 0 Å². The predicted molar refractivity (Wildman–Crippen MR) is 62.8 cm³/mol. The molecular weight excluding hydrogens is 238 g/mol. The molecule has 2 unspecified atom stereocenters. The minimum absolute atomic E-state index is 0.226. The van der Waals surface area contributed by atoms with Gasteiger partial charge in [-0.05, 0) is 31.6 Å². The third kappa shape index (κ3) is 1.79. The van der Waals surface area contributed by atoms with E-state index >= 15 is 0 Å². The molecule has 6 heteroatoms. The van der Waals surface area contributed by atoms with Gasteiger partial charge in [-0.25, -0.2) is 8.42 Å². The van der Waals surface area contributed by atoms with Crippen molar-refractivity contribution in [2.45, 2.75) is 43.0 Å². The monoisotopic (exact) mass is 255 g/mol. The van der Waals surface area contributed by atoms with Gasteiger partial charge in [-0.15, -0.1) is 0 Å². The standard InChI is InChI=1S/C11H17N3O2S/c15-17(16,10-7-12-13-8-10)14-6-2-4-9-3-1-5-11(9)14/h7-9,11H,1-6H2,(H,12,13). The molecule has 0 amide bonds. The number of nitrogens with one attached hydrogen (secondary N) is 1. The van der Waals surface area contributed by atoms with Crippen LogP contribution in [0.5, 0.6) is 0 Å². The van der Waals surface area contributed by atoms with Crippen LogP contribution in [0.15, 0.2) is 17.3 Å². The maximum atomic E-state index is 12.5. The third-order valence-electron chi connectivity index (χ3n) is 4.02. The number of aromatic amines is 1. The van der Waals surface area contributed by atoms with Crippen molar-refractivity contribution in [3.63, 3.8) is 0 Å². The molecule has 0 bridgehead atoms. The highest BCUT2D eigenvalue weighted by Crippen LogP contribution is 2.39. The first-order valence-corrected chi connectivity index (χ1v) is 7.64. The number of fused-ring (bicyclic) bond motifs is 1. The summed E-state index contributed by atoms with van der Waals surface area (Å²) in [5.74, 6) is 0.574. The van der Waals surface area contributed by atoms with Gasteiger partial charge in [-0.3, -0.25) is 5.10 Å². The molecule has 0 spiro atoms. The van der Waals surface area contributed by atoms with Crippen molar-refractivity contribution in [2.75, 3.05) is 6.54 Å². The summed E-state index contributed by atoms with van der Waals surface area (Å²) in [6, 6.07) is 0.226. The molecular formula is C11H17N3O2S. The van der Waals surface area contributed by atoms with E-state index in [4.69, 9.17) is 0 Å². The predicted octanol–water partition coefficient (Wildman–Crippen LogP) is 1.36. The van der Waals surface area contributed by atoms with Crippen molar-refractivity contribution in [1.29, 1.82) is 0 Å². The van der Waals surface area contributed by atoms with E-state index in [0.717, 1.165) is 19.3 Å². The summed E-state index contributed by atoms with van der Waals surface area (Å²) in [5.41, 5.74) is 0. The molecule has 1 saturated carbocycles.